The first-order chi connectivity index (χ1) is 12.7. The highest BCUT2D eigenvalue weighted by atomic mass is 16.2. The van der Waals surface area contributed by atoms with Gasteiger partial charge in [0.2, 0.25) is 5.91 Å². The number of carbonyl (C=O) groups is 2. The number of para-hydroxylation sites is 1. The molecule has 1 fully saturated rings. The predicted octanol–water partition coefficient (Wildman–Crippen LogP) is 1.84. The highest BCUT2D eigenvalue weighted by molar-refractivity contribution is 5.94. The molecule has 0 unspecified atom stereocenters. The Labute approximate surface area is 153 Å². The molecule has 1 aliphatic heterocycles. The standard InChI is InChI=1S/C20H24N4O2/c25-19(8-12-22-20(26)17-6-10-21-11-7-17)23-14-16-9-13-24(15-16)18-4-2-1-3-5-18/h1-7,10-11,16H,8-9,12-15H2,(H,22,26)(H,23,25)/t16-/m1/s1. The van der Waals surface area contributed by atoms with E-state index >= 15 is 0 Å². The molecule has 136 valence electrons. The van der Waals surface area contributed by atoms with Crippen LogP contribution in [-0.2, 0) is 4.79 Å². The van der Waals surface area contributed by atoms with Crippen LogP contribution in [0.3, 0.4) is 0 Å². The summed E-state index contributed by atoms with van der Waals surface area (Å²) in [5, 5.41) is 5.73. The van der Waals surface area contributed by atoms with Crippen molar-refractivity contribution in [2.24, 2.45) is 5.92 Å². The van der Waals surface area contributed by atoms with E-state index in [1.165, 1.54) is 5.69 Å². The SMILES string of the molecule is O=C(CCNC(=O)c1ccncc1)NC[C@H]1CCN(c2ccccc2)C1. The van der Waals surface area contributed by atoms with E-state index in [0.717, 1.165) is 19.5 Å². The Kier molecular flexibility index (Phi) is 6.19. The molecular weight excluding hydrogens is 328 g/mol. The van der Waals surface area contributed by atoms with Gasteiger partial charge in [-0.3, -0.25) is 14.6 Å². The van der Waals surface area contributed by atoms with Crippen LogP contribution in [0.25, 0.3) is 0 Å². The molecule has 0 aliphatic carbocycles. The first kappa shape index (κ1) is 17.9. The first-order valence-electron chi connectivity index (χ1n) is 8.97. The number of benzene rings is 1. The van der Waals surface area contributed by atoms with Crippen molar-refractivity contribution in [1.29, 1.82) is 0 Å². The lowest BCUT2D eigenvalue weighted by Crippen LogP contribution is -2.34. The Morgan fingerprint density at radius 1 is 1.08 bits per heavy atom. The lowest BCUT2D eigenvalue weighted by Gasteiger charge is -2.18. The van der Waals surface area contributed by atoms with Gasteiger partial charge >= 0.3 is 0 Å². The average molecular weight is 352 g/mol. The second kappa shape index (κ2) is 8.99. The minimum Gasteiger partial charge on any atom is -0.371 e. The molecule has 1 aliphatic rings. The van der Waals surface area contributed by atoms with E-state index in [1.54, 1.807) is 24.5 Å². The first-order valence-corrected chi connectivity index (χ1v) is 8.97. The van der Waals surface area contributed by atoms with Crippen molar-refractivity contribution in [1.82, 2.24) is 15.6 Å². The third kappa shape index (κ3) is 5.05. The summed E-state index contributed by atoms with van der Waals surface area (Å²) in [6.45, 7) is 2.99. The molecule has 2 heterocycles. The summed E-state index contributed by atoms with van der Waals surface area (Å²) in [4.78, 5) is 30.1. The topological polar surface area (TPSA) is 74.3 Å². The van der Waals surface area contributed by atoms with Gasteiger partial charge in [0, 0.05) is 56.2 Å². The van der Waals surface area contributed by atoms with Gasteiger partial charge in [-0.1, -0.05) is 18.2 Å². The van der Waals surface area contributed by atoms with Crippen LogP contribution in [0.1, 0.15) is 23.2 Å². The summed E-state index contributed by atoms with van der Waals surface area (Å²) in [5.41, 5.74) is 1.78. The number of aromatic nitrogens is 1. The van der Waals surface area contributed by atoms with Gasteiger partial charge in [0.25, 0.3) is 5.91 Å². The largest absolute Gasteiger partial charge is 0.371 e. The minimum atomic E-state index is -0.186. The van der Waals surface area contributed by atoms with Crippen molar-refractivity contribution in [3.8, 4) is 0 Å². The van der Waals surface area contributed by atoms with Crippen LogP contribution in [0.4, 0.5) is 5.69 Å². The van der Waals surface area contributed by atoms with E-state index in [2.05, 4.69) is 32.7 Å². The Morgan fingerprint density at radius 2 is 1.85 bits per heavy atom. The maximum absolute atomic E-state index is 12.0. The highest BCUT2D eigenvalue weighted by Crippen LogP contribution is 2.22. The lowest BCUT2D eigenvalue weighted by atomic mass is 10.1. The molecule has 1 saturated heterocycles. The summed E-state index contributed by atoms with van der Waals surface area (Å²) in [6.07, 6.45) is 4.50. The van der Waals surface area contributed by atoms with Crippen LogP contribution in [0.5, 0.6) is 0 Å². The molecule has 2 amide bonds. The normalized spacial score (nSPS) is 16.3. The third-order valence-corrected chi connectivity index (χ3v) is 4.58. The van der Waals surface area contributed by atoms with Crippen molar-refractivity contribution in [2.45, 2.75) is 12.8 Å². The number of amides is 2. The van der Waals surface area contributed by atoms with Gasteiger partial charge in [0.1, 0.15) is 0 Å². The van der Waals surface area contributed by atoms with Crippen LogP contribution >= 0.6 is 0 Å². The molecule has 1 aromatic heterocycles. The Morgan fingerprint density at radius 3 is 2.62 bits per heavy atom. The third-order valence-electron chi connectivity index (χ3n) is 4.58. The number of hydrogen-bond acceptors (Lipinski definition) is 4. The van der Waals surface area contributed by atoms with Gasteiger partial charge in [-0.15, -0.1) is 0 Å². The molecule has 6 heteroatoms. The maximum atomic E-state index is 12.0. The van der Waals surface area contributed by atoms with E-state index in [9.17, 15) is 9.59 Å². The number of anilines is 1. The van der Waals surface area contributed by atoms with Gasteiger partial charge in [-0.05, 0) is 36.6 Å². The van der Waals surface area contributed by atoms with Crippen molar-refractivity contribution in [3.05, 3.63) is 60.4 Å². The van der Waals surface area contributed by atoms with Gasteiger partial charge in [0.15, 0.2) is 0 Å². The summed E-state index contributed by atoms with van der Waals surface area (Å²) < 4.78 is 0. The second-order valence-electron chi connectivity index (χ2n) is 6.48. The highest BCUT2D eigenvalue weighted by Gasteiger charge is 2.22. The molecular formula is C20H24N4O2. The molecule has 3 rings (SSSR count). The van der Waals surface area contributed by atoms with Crippen LogP contribution in [0.15, 0.2) is 54.9 Å². The molecule has 26 heavy (non-hydrogen) atoms. The number of pyridine rings is 1. The zero-order valence-electron chi connectivity index (χ0n) is 14.7. The molecule has 0 bridgehead atoms. The molecule has 0 radical (unpaired) electrons. The van der Waals surface area contributed by atoms with Gasteiger partial charge in [0.05, 0.1) is 0 Å². The number of hydrogen-bond donors (Lipinski definition) is 2. The zero-order chi connectivity index (χ0) is 18.2. The van der Waals surface area contributed by atoms with Crippen LogP contribution in [0, 0.1) is 5.92 Å². The van der Waals surface area contributed by atoms with Crippen molar-refractivity contribution < 1.29 is 9.59 Å². The number of rotatable bonds is 7. The molecule has 6 nitrogen and oxygen atoms in total. The van der Waals surface area contributed by atoms with E-state index in [0.29, 0.717) is 24.6 Å². The summed E-state index contributed by atoms with van der Waals surface area (Å²) in [5.74, 6) is 0.248. The quantitative estimate of drug-likeness (QED) is 0.797. The van der Waals surface area contributed by atoms with E-state index < -0.39 is 0 Å². The van der Waals surface area contributed by atoms with Crippen molar-refractivity contribution >= 4 is 17.5 Å². The number of nitrogens with zero attached hydrogens (tertiary/aromatic N) is 2. The monoisotopic (exact) mass is 352 g/mol. The minimum absolute atomic E-state index is 0.0295. The fourth-order valence-electron chi connectivity index (χ4n) is 3.11. The van der Waals surface area contributed by atoms with E-state index in [1.807, 2.05) is 18.2 Å². The Bertz CT molecular complexity index is 721. The fraction of sp³-hybridized carbons (Fsp3) is 0.350. The lowest BCUT2D eigenvalue weighted by molar-refractivity contribution is -0.121. The molecule has 0 spiro atoms. The van der Waals surface area contributed by atoms with Crippen LogP contribution < -0.4 is 15.5 Å². The van der Waals surface area contributed by atoms with E-state index in [4.69, 9.17) is 0 Å². The smallest absolute Gasteiger partial charge is 0.251 e. The molecule has 1 atom stereocenters. The summed E-state index contributed by atoms with van der Waals surface area (Å²) in [6, 6.07) is 13.6. The second-order valence-corrected chi connectivity index (χ2v) is 6.48. The fourth-order valence-corrected chi connectivity index (χ4v) is 3.11. The number of nitrogens with one attached hydrogen (secondary N) is 2. The summed E-state index contributed by atoms with van der Waals surface area (Å²) >= 11 is 0. The molecule has 0 saturated carbocycles. The Hall–Kier alpha value is -2.89. The van der Waals surface area contributed by atoms with E-state index in [-0.39, 0.29) is 18.2 Å². The van der Waals surface area contributed by atoms with Crippen molar-refractivity contribution in [3.63, 3.8) is 0 Å². The van der Waals surface area contributed by atoms with Crippen molar-refractivity contribution in [2.75, 3.05) is 31.1 Å². The van der Waals surface area contributed by atoms with Gasteiger partial charge in [-0.25, -0.2) is 0 Å². The van der Waals surface area contributed by atoms with Crippen LogP contribution in [0.2, 0.25) is 0 Å². The molecule has 2 N–H and O–H groups in total. The summed E-state index contributed by atoms with van der Waals surface area (Å²) in [7, 11) is 0. The molecule has 2 aromatic rings. The Balaban J connectivity index is 1.33. The number of carbonyl (C=O) groups excluding carboxylic acids is 2. The predicted molar refractivity (Wildman–Crippen MR) is 101 cm³/mol. The maximum Gasteiger partial charge on any atom is 0.251 e. The van der Waals surface area contributed by atoms with Crippen LogP contribution in [-0.4, -0.2) is 43.0 Å². The zero-order valence-corrected chi connectivity index (χ0v) is 14.7. The van der Waals surface area contributed by atoms with Gasteiger partial charge < -0.3 is 15.5 Å². The van der Waals surface area contributed by atoms with Gasteiger partial charge in [-0.2, -0.15) is 0 Å². The molecule has 1 aromatic carbocycles. The average Bonchev–Trinajstić information content (AvgIpc) is 3.17.